The number of rotatable bonds is 3. The summed E-state index contributed by atoms with van der Waals surface area (Å²) in [5, 5.41) is 10.9. The number of amidine groups is 1. The van der Waals surface area contributed by atoms with Crippen molar-refractivity contribution in [3.05, 3.63) is 34.4 Å². The molecular weight excluding hydrogens is 280 g/mol. The van der Waals surface area contributed by atoms with Crippen molar-refractivity contribution in [2.45, 2.75) is 13.0 Å². The van der Waals surface area contributed by atoms with E-state index in [1.54, 1.807) is 0 Å². The second-order valence-electron chi connectivity index (χ2n) is 3.86. The van der Waals surface area contributed by atoms with Gasteiger partial charge in [0.05, 0.1) is 16.6 Å². The highest BCUT2D eigenvalue weighted by Gasteiger charge is 2.24. The van der Waals surface area contributed by atoms with Crippen LogP contribution in [0.4, 0.5) is 8.78 Å². The minimum atomic E-state index is -0.949. The minimum absolute atomic E-state index is 0.231. The number of nitrogens with zero attached hydrogens (tertiary/aromatic N) is 2. The van der Waals surface area contributed by atoms with Crippen LogP contribution in [0.5, 0.6) is 0 Å². The summed E-state index contributed by atoms with van der Waals surface area (Å²) in [6.45, 7) is 1.47. The number of hydrogen-bond acceptors (Lipinski definition) is 3. The molecule has 1 aromatic carbocycles. The summed E-state index contributed by atoms with van der Waals surface area (Å²) in [4.78, 5) is 13.0. The van der Waals surface area contributed by atoms with Crippen molar-refractivity contribution in [2.75, 3.05) is 7.05 Å². The molecule has 0 heterocycles. The Morgan fingerprint density at radius 1 is 1.47 bits per heavy atom. The van der Waals surface area contributed by atoms with Gasteiger partial charge in [0.25, 0.3) is 5.91 Å². The van der Waals surface area contributed by atoms with Crippen LogP contribution in [0.2, 0.25) is 5.02 Å². The molecule has 0 fully saturated rings. The lowest BCUT2D eigenvalue weighted by Crippen LogP contribution is -2.44. The molecule has 0 saturated carbocycles. The summed E-state index contributed by atoms with van der Waals surface area (Å²) in [5.41, 5.74) is 4.86. The van der Waals surface area contributed by atoms with Gasteiger partial charge in [-0.2, -0.15) is 0 Å². The third-order valence-electron chi connectivity index (χ3n) is 2.69. The highest BCUT2D eigenvalue weighted by Crippen LogP contribution is 2.20. The van der Waals surface area contributed by atoms with Crippen LogP contribution in [0.1, 0.15) is 17.3 Å². The van der Waals surface area contributed by atoms with Gasteiger partial charge in [-0.1, -0.05) is 16.8 Å². The smallest absolute Gasteiger partial charge is 0.257 e. The molecule has 1 aromatic rings. The van der Waals surface area contributed by atoms with Crippen molar-refractivity contribution in [3.63, 3.8) is 0 Å². The molecule has 19 heavy (non-hydrogen) atoms. The maximum Gasteiger partial charge on any atom is 0.257 e. The van der Waals surface area contributed by atoms with Gasteiger partial charge in [-0.3, -0.25) is 4.79 Å². The van der Waals surface area contributed by atoms with Crippen molar-refractivity contribution >= 4 is 23.3 Å². The third kappa shape index (κ3) is 3.11. The Hall–Kier alpha value is -1.89. The van der Waals surface area contributed by atoms with E-state index in [1.165, 1.54) is 14.0 Å². The molecule has 0 bridgehead atoms. The fourth-order valence-corrected chi connectivity index (χ4v) is 1.48. The number of nitrogens with two attached hydrogens (primary N) is 1. The molecule has 0 aliphatic carbocycles. The van der Waals surface area contributed by atoms with Crippen molar-refractivity contribution in [1.29, 1.82) is 0 Å². The van der Waals surface area contributed by atoms with Crippen molar-refractivity contribution in [2.24, 2.45) is 10.9 Å². The van der Waals surface area contributed by atoms with E-state index in [0.29, 0.717) is 12.1 Å². The van der Waals surface area contributed by atoms with E-state index in [-0.39, 0.29) is 5.84 Å². The predicted octanol–water partition coefficient (Wildman–Crippen LogP) is 1.83. The normalized spacial score (nSPS) is 13.2. The zero-order chi connectivity index (χ0) is 14.7. The monoisotopic (exact) mass is 291 g/mol. The number of benzene rings is 1. The van der Waals surface area contributed by atoms with Gasteiger partial charge in [-0.25, -0.2) is 8.78 Å². The van der Waals surface area contributed by atoms with Crippen LogP contribution in [-0.2, 0) is 0 Å². The van der Waals surface area contributed by atoms with Gasteiger partial charge in [0.15, 0.2) is 5.84 Å². The number of likely N-dealkylation sites (N-methyl/N-ethyl adjacent to an activating group) is 1. The zero-order valence-electron chi connectivity index (χ0n) is 10.2. The third-order valence-corrected chi connectivity index (χ3v) is 2.97. The quantitative estimate of drug-likeness (QED) is 0.293. The standard InChI is InChI=1S/C11H12ClF2N3O2/c1-5(10(15)16-19)17(2)11(18)6-3-9(14)7(12)4-8(6)13/h3-5,19H,1-2H3,(H2,15,16). The molecule has 0 aliphatic rings. The summed E-state index contributed by atoms with van der Waals surface area (Å²) < 4.78 is 26.8. The Morgan fingerprint density at radius 3 is 2.58 bits per heavy atom. The average Bonchev–Trinajstić information content (AvgIpc) is 2.39. The largest absolute Gasteiger partial charge is 0.409 e. The van der Waals surface area contributed by atoms with Crippen molar-refractivity contribution in [1.82, 2.24) is 4.90 Å². The maximum absolute atomic E-state index is 13.6. The Labute approximate surface area is 113 Å². The minimum Gasteiger partial charge on any atom is -0.409 e. The van der Waals surface area contributed by atoms with E-state index in [1.807, 2.05) is 0 Å². The van der Waals surface area contributed by atoms with E-state index in [0.717, 1.165) is 4.90 Å². The summed E-state index contributed by atoms with van der Waals surface area (Å²) in [6, 6.07) is 0.636. The number of halogens is 3. The Balaban J connectivity index is 3.10. The van der Waals surface area contributed by atoms with E-state index in [9.17, 15) is 13.6 Å². The van der Waals surface area contributed by atoms with Gasteiger partial charge >= 0.3 is 0 Å². The highest BCUT2D eigenvalue weighted by molar-refractivity contribution is 6.30. The number of hydrogen-bond donors (Lipinski definition) is 2. The van der Waals surface area contributed by atoms with Crippen LogP contribution < -0.4 is 5.73 Å². The molecule has 0 aliphatic heterocycles. The molecule has 104 valence electrons. The van der Waals surface area contributed by atoms with Crippen LogP contribution in [0, 0.1) is 11.6 Å². The van der Waals surface area contributed by atoms with Crippen LogP contribution in [-0.4, -0.2) is 34.9 Å². The first-order valence-corrected chi connectivity index (χ1v) is 5.56. The lowest BCUT2D eigenvalue weighted by Gasteiger charge is -2.24. The first-order chi connectivity index (χ1) is 8.79. The van der Waals surface area contributed by atoms with Crippen LogP contribution in [0.3, 0.4) is 0 Å². The fourth-order valence-electron chi connectivity index (χ4n) is 1.33. The summed E-state index contributed by atoms with van der Waals surface area (Å²) in [5.74, 6) is -2.90. The first kappa shape index (κ1) is 15.2. The molecule has 1 atom stereocenters. The number of oxime groups is 1. The average molecular weight is 292 g/mol. The van der Waals surface area contributed by atoms with E-state index < -0.39 is 34.2 Å². The molecule has 8 heteroatoms. The molecule has 0 saturated heterocycles. The summed E-state index contributed by atoms with van der Waals surface area (Å²) in [7, 11) is 1.32. The molecule has 1 amide bonds. The second-order valence-corrected chi connectivity index (χ2v) is 4.27. The summed E-state index contributed by atoms with van der Waals surface area (Å²) >= 11 is 5.39. The molecular formula is C11H12ClF2N3O2. The molecule has 1 rings (SSSR count). The number of carbonyl (C=O) groups excluding carboxylic acids is 1. The second kappa shape index (κ2) is 5.83. The zero-order valence-corrected chi connectivity index (χ0v) is 10.9. The fraction of sp³-hybridized carbons (Fsp3) is 0.273. The van der Waals surface area contributed by atoms with Gasteiger partial charge in [0.1, 0.15) is 11.6 Å². The molecule has 5 nitrogen and oxygen atoms in total. The lowest BCUT2D eigenvalue weighted by atomic mass is 10.1. The van der Waals surface area contributed by atoms with Gasteiger partial charge in [0, 0.05) is 7.05 Å². The Kier molecular flexibility index (Phi) is 4.66. The molecule has 1 unspecified atom stereocenters. The SMILES string of the molecule is CC(/C(N)=N/O)N(C)C(=O)c1cc(F)c(Cl)cc1F. The van der Waals surface area contributed by atoms with Gasteiger partial charge in [0.2, 0.25) is 0 Å². The summed E-state index contributed by atoms with van der Waals surface area (Å²) in [6.07, 6.45) is 0. The van der Waals surface area contributed by atoms with E-state index in [4.69, 9.17) is 22.5 Å². The van der Waals surface area contributed by atoms with Gasteiger partial charge < -0.3 is 15.8 Å². The molecule has 3 N–H and O–H groups in total. The number of amides is 1. The first-order valence-electron chi connectivity index (χ1n) is 5.18. The molecule has 0 spiro atoms. The van der Waals surface area contributed by atoms with E-state index >= 15 is 0 Å². The molecule has 0 radical (unpaired) electrons. The number of carbonyl (C=O) groups is 1. The Morgan fingerprint density at radius 2 is 2.05 bits per heavy atom. The van der Waals surface area contributed by atoms with Crippen LogP contribution in [0.25, 0.3) is 0 Å². The predicted molar refractivity (Wildman–Crippen MR) is 66.3 cm³/mol. The van der Waals surface area contributed by atoms with Gasteiger partial charge in [-0.15, -0.1) is 0 Å². The van der Waals surface area contributed by atoms with Crippen LogP contribution >= 0.6 is 11.6 Å². The van der Waals surface area contributed by atoms with Crippen molar-refractivity contribution in [3.8, 4) is 0 Å². The topological polar surface area (TPSA) is 78.9 Å². The van der Waals surface area contributed by atoms with Crippen molar-refractivity contribution < 1.29 is 18.8 Å². The highest BCUT2D eigenvalue weighted by atomic mass is 35.5. The van der Waals surface area contributed by atoms with Crippen LogP contribution in [0.15, 0.2) is 17.3 Å². The maximum atomic E-state index is 13.6. The van der Waals surface area contributed by atoms with Gasteiger partial charge in [-0.05, 0) is 19.1 Å². The Bertz CT molecular complexity index is 537. The lowest BCUT2D eigenvalue weighted by molar-refractivity contribution is 0.0771. The van der Waals surface area contributed by atoms with E-state index in [2.05, 4.69) is 5.16 Å². The molecule has 0 aromatic heterocycles.